The Balaban J connectivity index is 0. The molecule has 0 unspecified atom stereocenters. The second kappa shape index (κ2) is 3.90. The minimum atomic E-state index is -3.63. The maximum absolute atomic E-state index is 10.3. The van der Waals surface area contributed by atoms with Gasteiger partial charge in [0, 0.05) is 20.4 Å². The summed E-state index contributed by atoms with van der Waals surface area (Å²) in [5.41, 5.74) is -3.63. The molecule has 0 aromatic carbocycles. The van der Waals surface area contributed by atoms with E-state index in [1.165, 1.54) is 0 Å². The molecule has 0 saturated heterocycles. The molecule has 0 aromatic heterocycles. The maximum atomic E-state index is 10.3. The molecule has 0 fully saturated rings. The molecule has 0 aliphatic heterocycles. The van der Waals surface area contributed by atoms with Gasteiger partial charge in [-0.25, -0.2) is 0 Å². The van der Waals surface area contributed by atoms with Crippen LogP contribution in [0.4, 0.5) is 0 Å². The van der Waals surface area contributed by atoms with Crippen LogP contribution in [-0.4, -0.2) is 15.2 Å². The normalized spacial score (nSPS) is 17.2. The third-order valence-corrected chi connectivity index (χ3v) is 12.9. The molecular weight excluding hydrogens is 320 g/mol. The molecule has 5 heteroatoms. The molecule has 0 aromatic rings. The van der Waals surface area contributed by atoms with Crippen LogP contribution < -0.4 is 0 Å². The third-order valence-electron chi connectivity index (χ3n) is 2.29. The average molecular weight is 340 g/mol. The zero-order valence-corrected chi connectivity index (χ0v) is 12.9. The summed E-state index contributed by atoms with van der Waals surface area (Å²) < 4.78 is 0. The van der Waals surface area contributed by atoms with Gasteiger partial charge in [0.05, 0.1) is 0 Å². The number of hydrogen-bond donors (Lipinski definition) is 1. The molecule has 0 heterocycles. The molecule has 0 spiro atoms. The molecule has 0 bridgehead atoms. The number of halogens is 2. The third kappa shape index (κ3) is 2.81. The quantitative estimate of drug-likeness (QED) is 0.514. The van der Waals surface area contributed by atoms with Crippen molar-refractivity contribution in [3.05, 3.63) is 0 Å². The summed E-state index contributed by atoms with van der Waals surface area (Å²) in [6, 6.07) is 0. The second-order valence-corrected chi connectivity index (χ2v) is 14.1. The Morgan fingerprint density at radius 3 is 1.00 bits per heavy atom. The molecular formula is C8H19Cl2OPPd. The SMILES string of the molecule is CC(C)(C)P(O)(Cl)(Cl)C(C)(C)C.[Pd]. The first kappa shape index (κ1) is 17.0. The van der Waals surface area contributed by atoms with Crippen LogP contribution in [-0.2, 0) is 20.4 Å². The van der Waals surface area contributed by atoms with Crippen LogP contribution in [0, 0.1) is 0 Å². The van der Waals surface area contributed by atoms with E-state index in [2.05, 4.69) is 0 Å². The van der Waals surface area contributed by atoms with Crippen LogP contribution in [0.1, 0.15) is 41.5 Å². The predicted octanol–water partition coefficient (Wildman–Crippen LogP) is 4.35. The fourth-order valence-corrected chi connectivity index (χ4v) is 3.02. The summed E-state index contributed by atoms with van der Waals surface area (Å²) in [4.78, 5) is 10.3. The fraction of sp³-hybridized carbons (Fsp3) is 1.00. The predicted molar refractivity (Wildman–Crippen MR) is 60.4 cm³/mol. The maximum Gasteiger partial charge on any atom is 0 e. The zero-order valence-electron chi connectivity index (χ0n) is 8.97. The van der Waals surface area contributed by atoms with E-state index in [9.17, 15) is 4.89 Å². The van der Waals surface area contributed by atoms with E-state index < -0.39 is 15.8 Å². The summed E-state index contributed by atoms with van der Waals surface area (Å²) >= 11 is 12.4. The van der Waals surface area contributed by atoms with E-state index >= 15 is 0 Å². The van der Waals surface area contributed by atoms with E-state index in [-0.39, 0.29) is 20.4 Å². The van der Waals surface area contributed by atoms with Crippen LogP contribution in [0.25, 0.3) is 0 Å². The van der Waals surface area contributed by atoms with Crippen molar-refractivity contribution in [3.63, 3.8) is 0 Å². The zero-order chi connectivity index (χ0) is 10.4. The summed E-state index contributed by atoms with van der Waals surface area (Å²) in [6.07, 6.45) is 0. The number of hydrogen-bond acceptors (Lipinski definition) is 1. The van der Waals surface area contributed by atoms with E-state index in [1.54, 1.807) is 0 Å². The van der Waals surface area contributed by atoms with Gasteiger partial charge in [-0.3, -0.25) is 0 Å². The first-order valence-electron chi connectivity index (χ1n) is 3.99. The average Bonchev–Trinajstić information content (AvgIpc) is 1.55. The van der Waals surface area contributed by atoms with Gasteiger partial charge in [0.15, 0.2) is 0 Å². The van der Waals surface area contributed by atoms with Crippen molar-refractivity contribution >= 4 is 28.0 Å². The Hall–Kier alpha value is 1.63. The van der Waals surface area contributed by atoms with Crippen LogP contribution >= 0.6 is 28.0 Å². The monoisotopic (exact) mass is 338 g/mol. The van der Waals surface area contributed by atoms with Gasteiger partial charge in [0.1, 0.15) is 0 Å². The Morgan fingerprint density at radius 2 is 1.00 bits per heavy atom. The second-order valence-electron chi connectivity index (χ2n) is 5.21. The summed E-state index contributed by atoms with van der Waals surface area (Å²) in [5, 5.41) is -0.931. The molecule has 0 saturated carbocycles. The minimum Gasteiger partial charge on any atom is 0 e. The minimum absolute atomic E-state index is 0. The molecule has 0 aliphatic carbocycles. The summed E-state index contributed by atoms with van der Waals surface area (Å²) in [7, 11) is 0. The van der Waals surface area contributed by atoms with Crippen molar-refractivity contribution in [2.24, 2.45) is 0 Å². The Morgan fingerprint density at radius 1 is 0.846 bits per heavy atom. The van der Waals surface area contributed by atoms with Gasteiger partial charge in [-0.15, -0.1) is 0 Å². The molecule has 0 radical (unpaired) electrons. The van der Waals surface area contributed by atoms with Gasteiger partial charge in [0.2, 0.25) is 0 Å². The molecule has 86 valence electrons. The molecule has 1 nitrogen and oxygen atoms in total. The van der Waals surface area contributed by atoms with Gasteiger partial charge in [-0.2, -0.15) is 0 Å². The fourth-order valence-electron chi connectivity index (χ4n) is 1.01. The largest absolute Gasteiger partial charge is 0 e. The van der Waals surface area contributed by atoms with Gasteiger partial charge in [-0.05, 0) is 0 Å². The van der Waals surface area contributed by atoms with Gasteiger partial charge in [0.25, 0.3) is 0 Å². The van der Waals surface area contributed by atoms with Gasteiger partial charge < -0.3 is 0 Å². The van der Waals surface area contributed by atoms with Crippen molar-refractivity contribution in [1.29, 1.82) is 0 Å². The topological polar surface area (TPSA) is 20.2 Å². The molecule has 1 N–H and O–H groups in total. The van der Waals surface area contributed by atoms with Crippen LogP contribution in [0.5, 0.6) is 0 Å². The standard InChI is InChI=1S/C8H19Cl2OP.Pd/c1-7(2,3)12(9,10,11)8(4,5)6;/h11H,1-6H3;. The van der Waals surface area contributed by atoms with Gasteiger partial charge in [-0.1, -0.05) is 0 Å². The summed E-state index contributed by atoms with van der Waals surface area (Å²) in [5.74, 6) is 0. The first-order chi connectivity index (χ1) is 4.79. The van der Waals surface area contributed by atoms with Crippen LogP contribution in [0.2, 0.25) is 0 Å². The molecule has 0 amide bonds. The molecule has 0 atom stereocenters. The van der Waals surface area contributed by atoms with Crippen LogP contribution in [0.15, 0.2) is 0 Å². The summed E-state index contributed by atoms with van der Waals surface area (Å²) in [6.45, 7) is 11.2. The smallest absolute Gasteiger partial charge is 0 e. The van der Waals surface area contributed by atoms with E-state index in [4.69, 9.17) is 22.5 Å². The van der Waals surface area contributed by atoms with Crippen molar-refractivity contribution in [3.8, 4) is 0 Å². The first-order valence-corrected chi connectivity index (χ1v) is 7.98. The van der Waals surface area contributed by atoms with E-state index in [0.29, 0.717) is 0 Å². The van der Waals surface area contributed by atoms with Gasteiger partial charge >= 0.3 is 84.8 Å². The van der Waals surface area contributed by atoms with Crippen molar-refractivity contribution in [1.82, 2.24) is 0 Å². The van der Waals surface area contributed by atoms with Crippen LogP contribution in [0.3, 0.4) is 0 Å². The molecule has 13 heavy (non-hydrogen) atoms. The molecule has 0 aliphatic rings. The van der Waals surface area contributed by atoms with Crippen molar-refractivity contribution < 1.29 is 25.3 Å². The Labute approximate surface area is 105 Å². The number of rotatable bonds is 0. The Bertz CT molecular complexity index is 167. The van der Waals surface area contributed by atoms with E-state index in [0.717, 1.165) is 0 Å². The Kier molecular flexibility index (Phi) is 5.11. The molecule has 0 rings (SSSR count). The van der Waals surface area contributed by atoms with Crippen molar-refractivity contribution in [2.45, 2.75) is 51.9 Å². The van der Waals surface area contributed by atoms with E-state index in [1.807, 2.05) is 41.5 Å². The van der Waals surface area contributed by atoms with Crippen molar-refractivity contribution in [2.75, 3.05) is 0 Å².